The Labute approximate surface area is 119 Å². The molecule has 1 aromatic carbocycles. The molecule has 102 valence electrons. The number of hydrogen-bond acceptors (Lipinski definition) is 2. The molecule has 3 heteroatoms. The van der Waals surface area contributed by atoms with E-state index in [2.05, 4.69) is 17.4 Å². The van der Waals surface area contributed by atoms with Crippen molar-refractivity contribution in [2.24, 2.45) is 11.8 Å². The van der Waals surface area contributed by atoms with Gasteiger partial charge in [-0.3, -0.25) is 4.79 Å². The molecule has 2 bridgehead atoms. The van der Waals surface area contributed by atoms with Crippen molar-refractivity contribution in [2.45, 2.75) is 48.8 Å². The molecule has 2 aliphatic carbocycles. The molecule has 19 heavy (non-hydrogen) atoms. The van der Waals surface area contributed by atoms with Crippen LogP contribution in [0.15, 0.2) is 35.2 Å². The molecule has 2 fully saturated rings. The minimum Gasteiger partial charge on any atom is -0.352 e. The minimum absolute atomic E-state index is 0.0125. The second kappa shape index (κ2) is 5.58. The fourth-order valence-corrected chi connectivity index (χ4v) is 4.38. The fraction of sp³-hybridized carbons (Fsp3) is 0.562. The van der Waals surface area contributed by atoms with Gasteiger partial charge in [-0.05, 0) is 50.2 Å². The van der Waals surface area contributed by atoms with Crippen LogP contribution in [-0.2, 0) is 4.79 Å². The van der Waals surface area contributed by atoms with Crippen LogP contribution in [0.3, 0.4) is 0 Å². The fourth-order valence-electron chi connectivity index (χ4n) is 3.48. The number of fused-ring (bicyclic) bond motifs is 2. The summed E-state index contributed by atoms with van der Waals surface area (Å²) in [4.78, 5) is 13.4. The molecule has 2 aliphatic rings. The van der Waals surface area contributed by atoms with Gasteiger partial charge in [0.1, 0.15) is 0 Å². The SMILES string of the molecule is C[C@@H](Sc1ccccc1)C(=O)N[C@@H]1C[C@@H]2CC[C@@H]1C2. The van der Waals surface area contributed by atoms with E-state index in [9.17, 15) is 4.79 Å². The van der Waals surface area contributed by atoms with Crippen LogP contribution >= 0.6 is 11.8 Å². The summed E-state index contributed by atoms with van der Waals surface area (Å²) in [6.45, 7) is 2.00. The summed E-state index contributed by atoms with van der Waals surface area (Å²) < 4.78 is 0. The number of amides is 1. The Balaban J connectivity index is 1.53. The first-order chi connectivity index (χ1) is 9.22. The average Bonchev–Trinajstić information content (AvgIpc) is 3.02. The maximum absolute atomic E-state index is 12.2. The lowest BCUT2D eigenvalue weighted by Crippen LogP contribution is -2.42. The molecule has 4 atom stereocenters. The van der Waals surface area contributed by atoms with Gasteiger partial charge in [-0.2, -0.15) is 0 Å². The highest BCUT2D eigenvalue weighted by Gasteiger charge is 2.40. The number of rotatable bonds is 4. The lowest BCUT2D eigenvalue weighted by molar-refractivity contribution is -0.121. The summed E-state index contributed by atoms with van der Waals surface area (Å²) in [6, 6.07) is 10.6. The van der Waals surface area contributed by atoms with Gasteiger partial charge in [-0.25, -0.2) is 0 Å². The zero-order chi connectivity index (χ0) is 13.2. The molecular weight excluding hydrogens is 254 g/mol. The zero-order valence-corrected chi connectivity index (χ0v) is 12.2. The Morgan fingerprint density at radius 1 is 1.26 bits per heavy atom. The van der Waals surface area contributed by atoms with Crippen LogP contribution in [0, 0.1) is 11.8 Å². The first kappa shape index (κ1) is 13.0. The normalized spacial score (nSPS) is 30.3. The van der Waals surface area contributed by atoms with Crippen molar-refractivity contribution in [3.63, 3.8) is 0 Å². The van der Waals surface area contributed by atoms with Crippen molar-refractivity contribution in [3.8, 4) is 0 Å². The van der Waals surface area contributed by atoms with E-state index in [0.29, 0.717) is 6.04 Å². The van der Waals surface area contributed by atoms with Gasteiger partial charge in [0.05, 0.1) is 5.25 Å². The Kier molecular flexibility index (Phi) is 3.83. The van der Waals surface area contributed by atoms with Gasteiger partial charge in [0, 0.05) is 10.9 Å². The van der Waals surface area contributed by atoms with Crippen molar-refractivity contribution in [1.29, 1.82) is 0 Å². The van der Waals surface area contributed by atoms with E-state index in [1.165, 1.54) is 25.7 Å². The Morgan fingerprint density at radius 2 is 2.05 bits per heavy atom. The van der Waals surface area contributed by atoms with Crippen molar-refractivity contribution < 1.29 is 4.79 Å². The van der Waals surface area contributed by atoms with Crippen LogP contribution in [0.1, 0.15) is 32.6 Å². The summed E-state index contributed by atoms with van der Waals surface area (Å²) >= 11 is 1.64. The molecular formula is C16H21NOS. The van der Waals surface area contributed by atoms with Gasteiger partial charge >= 0.3 is 0 Å². The third-order valence-electron chi connectivity index (χ3n) is 4.49. The van der Waals surface area contributed by atoms with Crippen LogP contribution in [-0.4, -0.2) is 17.2 Å². The number of nitrogens with one attached hydrogen (secondary N) is 1. The van der Waals surface area contributed by atoms with Crippen LogP contribution in [0.5, 0.6) is 0 Å². The van der Waals surface area contributed by atoms with Gasteiger partial charge in [-0.15, -0.1) is 11.8 Å². The van der Waals surface area contributed by atoms with Gasteiger partial charge in [0.15, 0.2) is 0 Å². The predicted molar refractivity (Wildman–Crippen MR) is 79.1 cm³/mol. The quantitative estimate of drug-likeness (QED) is 0.852. The molecule has 0 saturated heterocycles. The molecule has 2 saturated carbocycles. The van der Waals surface area contributed by atoms with Crippen molar-refractivity contribution in [3.05, 3.63) is 30.3 Å². The summed E-state index contributed by atoms with van der Waals surface area (Å²) in [5.41, 5.74) is 0. The maximum Gasteiger partial charge on any atom is 0.233 e. The molecule has 0 aliphatic heterocycles. The molecule has 1 N–H and O–H groups in total. The topological polar surface area (TPSA) is 29.1 Å². The monoisotopic (exact) mass is 275 g/mol. The van der Waals surface area contributed by atoms with Gasteiger partial charge in [0.2, 0.25) is 5.91 Å². The second-order valence-corrected chi connectivity index (χ2v) is 7.28. The molecule has 0 spiro atoms. The smallest absolute Gasteiger partial charge is 0.233 e. The molecule has 2 nitrogen and oxygen atoms in total. The molecule has 0 aromatic heterocycles. The van der Waals surface area contributed by atoms with Crippen LogP contribution < -0.4 is 5.32 Å². The van der Waals surface area contributed by atoms with E-state index in [1.807, 2.05) is 25.1 Å². The molecule has 3 rings (SSSR count). The van der Waals surface area contributed by atoms with Gasteiger partial charge < -0.3 is 5.32 Å². The van der Waals surface area contributed by atoms with E-state index in [0.717, 1.165) is 16.7 Å². The molecule has 0 radical (unpaired) electrons. The zero-order valence-electron chi connectivity index (χ0n) is 11.3. The Morgan fingerprint density at radius 3 is 2.68 bits per heavy atom. The maximum atomic E-state index is 12.2. The predicted octanol–water partition coefficient (Wildman–Crippen LogP) is 3.47. The number of hydrogen-bond donors (Lipinski definition) is 1. The molecule has 0 heterocycles. The van der Waals surface area contributed by atoms with Gasteiger partial charge in [0.25, 0.3) is 0 Å². The van der Waals surface area contributed by atoms with E-state index in [1.54, 1.807) is 11.8 Å². The lowest BCUT2D eigenvalue weighted by atomic mass is 9.95. The summed E-state index contributed by atoms with van der Waals surface area (Å²) in [6.07, 6.45) is 5.24. The summed E-state index contributed by atoms with van der Waals surface area (Å²) in [7, 11) is 0. The van der Waals surface area contributed by atoms with Crippen LogP contribution in [0.4, 0.5) is 0 Å². The number of carbonyl (C=O) groups excluding carboxylic acids is 1. The summed E-state index contributed by atoms with van der Waals surface area (Å²) in [5.74, 6) is 1.83. The van der Waals surface area contributed by atoms with Crippen LogP contribution in [0.25, 0.3) is 0 Å². The molecule has 1 aromatic rings. The van der Waals surface area contributed by atoms with Crippen LogP contribution in [0.2, 0.25) is 0 Å². The highest BCUT2D eigenvalue weighted by molar-refractivity contribution is 8.00. The minimum atomic E-state index is -0.0125. The van der Waals surface area contributed by atoms with Crippen molar-refractivity contribution >= 4 is 17.7 Å². The first-order valence-corrected chi connectivity index (χ1v) is 8.12. The highest BCUT2D eigenvalue weighted by Crippen LogP contribution is 2.44. The molecule has 1 amide bonds. The number of benzene rings is 1. The molecule has 0 unspecified atom stereocenters. The van der Waals surface area contributed by atoms with E-state index < -0.39 is 0 Å². The third-order valence-corrected chi connectivity index (χ3v) is 5.60. The Hall–Kier alpha value is -0.960. The Bertz CT molecular complexity index is 447. The highest BCUT2D eigenvalue weighted by atomic mass is 32.2. The average molecular weight is 275 g/mol. The van der Waals surface area contributed by atoms with E-state index in [-0.39, 0.29) is 11.2 Å². The van der Waals surface area contributed by atoms with E-state index >= 15 is 0 Å². The van der Waals surface area contributed by atoms with Gasteiger partial charge in [-0.1, -0.05) is 24.6 Å². The number of carbonyl (C=O) groups is 1. The lowest BCUT2D eigenvalue weighted by Gasteiger charge is -2.24. The second-order valence-electron chi connectivity index (χ2n) is 5.86. The summed E-state index contributed by atoms with van der Waals surface area (Å²) in [5, 5.41) is 3.26. The van der Waals surface area contributed by atoms with Crippen molar-refractivity contribution in [2.75, 3.05) is 0 Å². The number of thioether (sulfide) groups is 1. The van der Waals surface area contributed by atoms with Crippen molar-refractivity contribution in [1.82, 2.24) is 5.32 Å². The third kappa shape index (κ3) is 2.97. The first-order valence-electron chi connectivity index (χ1n) is 7.24. The van der Waals surface area contributed by atoms with E-state index in [4.69, 9.17) is 0 Å². The largest absolute Gasteiger partial charge is 0.352 e. The standard InChI is InChI=1S/C16H21NOS/c1-11(19-14-5-3-2-4-6-14)16(18)17-15-10-12-7-8-13(15)9-12/h2-6,11-13,15H,7-10H2,1H3,(H,17,18)/t11-,12-,13-,15-/m1/s1.